The van der Waals surface area contributed by atoms with E-state index < -0.39 is 18.0 Å². The molecule has 2 heterocycles. The second-order valence-electron chi connectivity index (χ2n) is 6.29. The van der Waals surface area contributed by atoms with Gasteiger partial charge in [0.25, 0.3) is 5.91 Å². The molecular formula is C20H21N3O5S. The summed E-state index contributed by atoms with van der Waals surface area (Å²) in [4.78, 5) is 29.0. The summed E-state index contributed by atoms with van der Waals surface area (Å²) in [6.07, 6.45) is -0.619. The number of amides is 1. The number of ether oxygens (including phenoxy) is 2. The Morgan fingerprint density at radius 3 is 2.59 bits per heavy atom. The highest BCUT2D eigenvalue weighted by Crippen LogP contribution is 2.17. The largest absolute Gasteiger partial charge is 0.487 e. The Kier molecular flexibility index (Phi) is 6.61. The first-order chi connectivity index (χ1) is 13.9. The molecule has 1 aromatic carbocycles. The maximum Gasteiger partial charge on any atom is 0.338 e. The molecule has 2 aromatic heterocycles. The van der Waals surface area contributed by atoms with E-state index in [1.54, 1.807) is 55.5 Å². The zero-order chi connectivity index (χ0) is 20.8. The Morgan fingerprint density at radius 1 is 1.24 bits per heavy atom. The molecule has 0 bridgehead atoms. The summed E-state index contributed by atoms with van der Waals surface area (Å²) in [6, 6.07) is 8.12. The minimum atomic E-state index is -0.941. The van der Waals surface area contributed by atoms with E-state index in [9.17, 15) is 9.59 Å². The lowest BCUT2D eigenvalue weighted by Gasteiger charge is -2.15. The van der Waals surface area contributed by atoms with Gasteiger partial charge in [0.1, 0.15) is 18.1 Å². The van der Waals surface area contributed by atoms with Crippen LogP contribution in [0.2, 0.25) is 0 Å². The van der Waals surface area contributed by atoms with E-state index in [2.05, 4.69) is 15.5 Å². The minimum Gasteiger partial charge on any atom is -0.487 e. The van der Waals surface area contributed by atoms with E-state index in [0.717, 1.165) is 10.7 Å². The van der Waals surface area contributed by atoms with Crippen molar-refractivity contribution < 1.29 is 23.6 Å². The fraction of sp³-hybridized carbons (Fsp3) is 0.300. The molecule has 3 rings (SSSR count). The third-order valence-corrected chi connectivity index (χ3v) is 4.76. The first kappa shape index (κ1) is 20.5. The van der Waals surface area contributed by atoms with Crippen LogP contribution in [0.15, 0.2) is 40.2 Å². The molecule has 0 saturated heterocycles. The Morgan fingerprint density at radius 2 is 2.00 bits per heavy atom. The standard InChI is InChI=1S/C20H21N3O5S/c1-4-17(19(24)22-18-9-12(2)28-23-18)27-20(25)14-5-7-16(8-6-14)26-10-15-11-29-13(3)21-15/h5-9,11,17H,4,10H2,1-3H3,(H,22,23,24). The van der Waals surface area contributed by atoms with Crippen molar-refractivity contribution in [2.75, 3.05) is 5.32 Å². The van der Waals surface area contributed by atoms with Crippen LogP contribution in [0.1, 0.15) is 40.2 Å². The van der Waals surface area contributed by atoms with E-state index in [0.29, 0.717) is 30.1 Å². The van der Waals surface area contributed by atoms with Gasteiger partial charge in [-0.25, -0.2) is 9.78 Å². The molecule has 0 aliphatic rings. The Hall–Kier alpha value is -3.20. The van der Waals surface area contributed by atoms with Gasteiger partial charge in [0, 0.05) is 11.4 Å². The molecule has 0 spiro atoms. The van der Waals surface area contributed by atoms with Crippen LogP contribution >= 0.6 is 11.3 Å². The molecular weight excluding hydrogens is 394 g/mol. The number of esters is 1. The molecule has 1 unspecified atom stereocenters. The highest BCUT2D eigenvalue weighted by Gasteiger charge is 2.23. The predicted molar refractivity (Wildman–Crippen MR) is 107 cm³/mol. The molecule has 0 fully saturated rings. The van der Waals surface area contributed by atoms with Crippen LogP contribution in [-0.4, -0.2) is 28.1 Å². The van der Waals surface area contributed by atoms with Gasteiger partial charge in [-0.15, -0.1) is 11.3 Å². The summed E-state index contributed by atoms with van der Waals surface area (Å²) in [7, 11) is 0. The highest BCUT2D eigenvalue weighted by molar-refractivity contribution is 7.09. The maximum absolute atomic E-state index is 12.4. The van der Waals surface area contributed by atoms with Crippen molar-refractivity contribution in [3.8, 4) is 5.75 Å². The second-order valence-corrected chi connectivity index (χ2v) is 7.35. The van der Waals surface area contributed by atoms with Crippen LogP contribution in [0.3, 0.4) is 0 Å². The summed E-state index contributed by atoms with van der Waals surface area (Å²) in [5.41, 5.74) is 1.18. The van der Waals surface area contributed by atoms with Crippen molar-refractivity contribution in [3.63, 3.8) is 0 Å². The average molecular weight is 415 g/mol. The molecule has 0 radical (unpaired) electrons. The van der Waals surface area contributed by atoms with Crippen molar-refractivity contribution >= 4 is 29.0 Å². The number of hydrogen-bond acceptors (Lipinski definition) is 8. The summed E-state index contributed by atoms with van der Waals surface area (Å²) in [6.45, 7) is 5.76. The number of anilines is 1. The lowest BCUT2D eigenvalue weighted by atomic mass is 10.2. The molecule has 1 amide bonds. The number of carbonyl (C=O) groups is 2. The first-order valence-electron chi connectivity index (χ1n) is 9.03. The predicted octanol–water partition coefficient (Wildman–Crippen LogP) is 3.90. The topological polar surface area (TPSA) is 104 Å². The first-order valence-corrected chi connectivity index (χ1v) is 9.91. The molecule has 1 atom stereocenters. The lowest BCUT2D eigenvalue weighted by molar-refractivity contribution is -0.124. The summed E-state index contributed by atoms with van der Waals surface area (Å²) in [5.74, 6) is 0.396. The molecule has 1 N–H and O–H groups in total. The smallest absolute Gasteiger partial charge is 0.338 e. The number of nitrogens with one attached hydrogen (secondary N) is 1. The van der Waals surface area contributed by atoms with E-state index in [4.69, 9.17) is 14.0 Å². The molecule has 0 aliphatic heterocycles. The van der Waals surface area contributed by atoms with Gasteiger partial charge in [-0.3, -0.25) is 4.79 Å². The van der Waals surface area contributed by atoms with Crippen LogP contribution in [0.25, 0.3) is 0 Å². The van der Waals surface area contributed by atoms with E-state index in [1.807, 2.05) is 12.3 Å². The fourth-order valence-electron chi connectivity index (χ4n) is 2.47. The van der Waals surface area contributed by atoms with Crippen molar-refractivity contribution in [3.05, 3.63) is 57.7 Å². The Labute approximate surface area is 171 Å². The van der Waals surface area contributed by atoms with E-state index >= 15 is 0 Å². The number of carbonyl (C=O) groups excluding carboxylic acids is 2. The molecule has 3 aromatic rings. The molecule has 29 heavy (non-hydrogen) atoms. The van der Waals surface area contributed by atoms with Crippen LogP contribution in [0, 0.1) is 13.8 Å². The zero-order valence-electron chi connectivity index (χ0n) is 16.3. The van der Waals surface area contributed by atoms with Crippen LogP contribution in [-0.2, 0) is 16.1 Å². The highest BCUT2D eigenvalue weighted by atomic mass is 32.1. The summed E-state index contributed by atoms with van der Waals surface area (Å²) >= 11 is 1.56. The van der Waals surface area contributed by atoms with Crippen LogP contribution in [0.5, 0.6) is 5.75 Å². The molecule has 152 valence electrons. The molecule has 8 nitrogen and oxygen atoms in total. The van der Waals surface area contributed by atoms with E-state index in [-0.39, 0.29) is 5.82 Å². The van der Waals surface area contributed by atoms with Gasteiger partial charge < -0.3 is 19.3 Å². The van der Waals surface area contributed by atoms with Gasteiger partial charge in [-0.2, -0.15) is 0 Å². The van der Waals surface area contributed by atoms with Gasteiger partial charge in [0.2, 0.25) is 0 Å². The number of rotatable bonds is 8. The second kappa shape index (κ2) is 9.33. The number of thiazole rings is 1. The van der Waals surface area contributed by atoms with Gasteiger partial charge in [0.05, 0.1) is 16.3 Å². The van der Waals surface area contributed by atoms with Crippen molar-refractivity contribution in [2.24, 2.45) is 0 Å². The van der Waals surface area contributed by atoms with E-state index in [1.165, 1.54) is 0 Å². The monoisotopic (exact) mass is 415 g/mol. The molecule has 9 heteroatoms. The average Bonchev–Trinajstić information content (AvgIpc) is 3.32. The number of aromatic nitrogens is 2. The van der Waals surface area contributed by atoms with Gasteiger partial charge in [-0.05, 0) is 44.5 Å². The SMILES string of the molecule is CCC(OC(=O)c1ccc(OCc2csc(C)n2)cc1)C(=O)Nc1cc(C)on1. The van der Waals surface area contributed by atoms with Gasteiger partial charge in [0.15, 0.2) is 11.9 Å². The molecule has 0 aliphatic carbocycles. The van der Waals surface area contributed by atoms with Gasteiger partial charge >= 0.3 is 5.97 Å². The van der Waals surface area contributed by atoms with Crippen LogP contribution < -0.4 is 10.1 Å². The number of benzene rings is 1. The van der Waals surface area contributed by atoms with Crippen molar-refractivity contribution in [1.29, 1.82) is 0 Å². The lowest BCUT2D eigenvalue weighted by Crippen LogP contribution is -2.32. The fourth-order valence-corrected chi connectivity index (χ4v) is 3.07. The van der Waals surface area contributed by atoms with Crippen molar-refractivity contribution in [1.82, 2.24) is 10.1 Å². The number of aryl methyl sites for hydroxylation is 2. The van der Waals surface area contributed by atoms with Crippen molar-refractivity contribution in [2.45, 2.75) is 39.9 Å². The minimum absolute atomic E-state index is 0.277. The van der Waals surface area contributed by atoms with Crippen LogP contribution in [0.4, 0.5) is 5.82 Å². The quantitative estimate of drug-likeness (QED) is 0.556. The maximum atomic E-state index is 12.4. The summed E-state index contributed by atoms with van der Waals surface area (Å²) < 4.78 is 15.9. The third kappa shape index (κ3) is 5.64. The normalized spacial score (nSPS) is 11.7. The Bertz CT molecular complexity index is 980. The Balaban J connectivity index is 1.55. The summed E-state index contributed by atoms with van der Waals surface area (Å²) in [5, 5.41) is 9.19. The number of nitrogens with zero attached hydrogens (tertiary/aromatic N) is 2. The zero-order valence-corrected chi connectivity index (χ0v) is 17.1. The number of hydrogen-bond donors (Lipinski definition) is 1. The van der Waals surface area contributed by atoms with Gasteiger partial charge in [-0.1, -0.05) is 12.1 Å². The third-order valence-electron chi connectivity index (χ3n) is 3.94. The molecule has 0 saturated carbocycles.